The van der Waals surface area contributed by atoms with Gasteiger partial charge < -0.3 is 47.4 Å². The Labute approximate surface area is 589 Å². The molecule has 0 saturated heterocycles. The van der Waals surface area contributed by atoms with Crippen LogP contribution in [0.5, 0.6) is 23.0 Å². The van der Waals surface area contributed by atoms with Crippen molar-refractivity contribution < 1.29 is 95.3 Å². The number of benzene rings is 4. The molecule has 0 saturated carbocycles. The van der Waals surface area contributed by atoms with Gasteiger partial charge in [0.15, 0.2) is 23.1 Å². The lowest BCUT2D eigenvalue weighted by molar-refractivity contribution is -0.155. The van der Waals surface area contributed by atoms with Gasteiger partial charge in [0, 0.05) is 110 Å². The highest BCUT2D eigenvalue weighted by Crippen LogP contribution is 2.42. The average Bonchev–Trinajstić information content (AvgIpc) is 0.771. The van der Waals surface area contributed by atoms with Crippen molar-refractivity contribution in [3.8, 4) is 23.0 Å². The van der Waals surface area contributed by atoms with Crippen molar-refractivity contribution in [2.45, 2.75) is 208 Å². The van der Waals surface area contributed by atoms with Gasteiger partial charge in [0.05, 0.1) is 67.1 Å². The number of esters is 6. The minimum atomic E-state index is -0.790. The van der Waals surface area contributed by atoms with Crippen LogP contribution in [0.25, 0.3) is 0 Å². The maximum atomic E-state index is 14.9. The standard InChI is InChI=1S/C80H104O20/c1-11-15-19-27-67(81)55-39-59-47-60-40-56(68(82)28-20-16-12-2)42-62(76(60)96-34-24-32-94-74(88)52-72(86)92-10)49-64-44-58(70(84)30-22-18-14-4)46-66(78(64)98-36-26-38-100-80(90)54(7)8)50-65-45-57(69(83)29-21-17-13-3)43-63(77(65)97-35-25-37-99-79(89)53(5)6)48-61(41-55)75(59)95-33-23-31-93-73(87)51-71(85)91-9/h39-46H,5,7,11-38,47-52H2,1-4,6,8-10H3. The minimum Gasteiger partial charge on any atom is -0.493 e. The molecule has 20 heteroatoms. The van der Waals surface area contributed by atoms with Gasteiger partial charge >= 0.3 is 35.8 Å². The quantitative estimate of drug-likeness (QED) is 0.00875. The SMILES string of the molecule is C=C(C)C(=O)OCCCOc1c2cc(C(=O)CCCCC)cc1Cc1cc(C(=O)CCCCC)cc(c1OCCCOC(=O)C(=C)C)Cc1cc(C(=O)CCCCC)cc(c1OCCCOC(=O)CC(=O)OC)Cc1cc(C(=O)CCCCC)cc(c1OCCCOC(=O)CC(=O)OC)C2. The molecule has 0 unspecified atom stereocenters. The Morgan fingerprint density at radius 3 is 0.730 bits per heavy atom. The highest BCUT2D eigenvalue weighted by molar-refractivity contribution is 5.99. The molecular formula is C80H104O20. The van der Waals surface area contributed by atoms with Gasteiger partial charge in [-0.05, 0) is 133 Å². The Balaban J connectivity index is 1.99. The van der Waals surface area contributed by atoms with Gasteiger partial charge in [-0.2, -0.15) is 0 Å². The lowest BCUT2D eigenvalue weighted by Crippen LogP contribution is -2.16. The number of hydrogen-bond donors (Lipinski definition) is 0. The van der Waals surface area contributed by atoms with Crippen LogP contribution in [0.3, 0.4) is 0 Å². The molecule has 5 rings (SSSR count). The molecule has 1 aliphatic rings. The zero-order valence-electron chi connectivity index (χ0n) is 60.2. The van der Waals surface area contributed by atoms with E-state index < -0.39 is 48.7 Å². The topological polar surface area (TPSA) is 263 Å². The van der Waals surface area contributed by atoms with E-state index in [1.54, 1.807) is 50.2 Å². The monoisotopic (exact) mass is 1380 g/mol. The Morgan fingerprint density at radius 2 is 0.530 bits per heavy atom. The molecule has 0 atom stereocenters. The van der Waals surface area contributed by atoms with E-state index in [1.807, 2.05) is 12.1 Å². The number of rotatable bonds is 46. The second kappa shape index (κ2) is 44.2. The summed E-state index contributed by atoms with van der Waals surface area (Å²) >= 11 is 0. The molecule has 4 aromatic rings. The van der Waals surface area contributed by atoms with E-state index in [0.29, 0.717) is 115 Å². The summed E-state index contributed by atoms with van der Waals surface area (Å²) in [5.74, 6) is -3.37. The summed E-state index contributed by atoms with van der Waals surface area (Å²) in [6.07, 6.45) is 9.57. The van der Waals surface area contributed by atoms with Crippen molar-refractivity contribution in [3.63, 3.8) is 0 Å². The molecule has 0 fully saturated rings. The first-order valence-electron chi connectivity index (χ1n) is 35.5. The fraction of sp³-hybridized carbons (Fsp3) is 0.525. The molecule has 1 aliphatic carbocycles. The van der Waals surface area contributed by atoms with Crippen LogP contribution in [-0.4, -0.2) is 126 Å². The molecule has 4 aromatic carbocycles. The first kappa shape index (κ1) is 81.7. The molecule has 0 amide bonds. The maximum Gasteiger partial charge on any atom is 0.333 e. The molecule has 0 radical (unpaired) electrons. The van der Waals surface area contributed by atoms with Crippen LogP contribution in [0, 0.1) is 0 Å². The molecule has 20 nitrogen and oxygen atoms in total. The van der Waals surface area contributed by atoms with Crippen LogP contribution in [0.1, 0.15) is 269 Å². The lowest BCUT2D eigenvalue weighted by Gasteiger charge is -2.25. The fourth-order valence-corrected chi connectivity index (χ4v) is 11.4. The van der Waals surface area contributed by atoms with E-state index >= 15 is 0 Å². The highest BCUT2D eigenvalue weighted by atomic mass is 16.6. The van der Waals surface area contributed by atoms with Crippen LogP contribution in [-0.2, 0) is 82.9 Å². The molecule has 0 spiro atoms. The fourth-order valence-electron chi connectivity index (χ4n) is 11.4. The first-order chi connectivity index (χ1) is 48.1. The summed E-state index contributed by atoms with van der Waals surface area (Å²) in [6, 6.07) is 14.4. The Morgan fingerprint density at radius 1 is 0.310 bits per heavy atom. The molecule has 8 bridgehead atoms. The van der Waals surface area contributed by atoms with Crippen molar-refractivity contribution in [1.29, 1.82) is 0 Å². The zero-order valence-corrected chi connectivity index (χ0v) is 60.2. The van der Waals surface area contributed by atoms with Crippen molar-refractivity contribution in [2.24, 2.45) is 0 Å². The summed E-state index contributed by atoms with van der Waals surface area (Å²) in [5, 5.41) is 0. The number of carbonyl (C=O) groups excluding carboxylic acids is 10. The number of hydrogen-bond acceptors (Lipinski definition) is 20. The number of ether oxygens (including phenoxy) is 10. The van der Waals surface area contributed by atoms with E-state index in [-0.39, 0.29) is 164 Å². The number of carbonyl (C=O) groups is 10. The highest BCUT2D eigenvalue weighted by Gasteiger charge is 2.28. The third-order valence-corrected chi connectivity index (χ3v) is 16.7. The summed E-state index contributed by atoms with van der Waals surface area (Å²) in [7, 11) is 2.34. The van der Waals surface area contributed by atoms with E-state index in [1.165, 1.54) is 14.2 Å². The molecule has 0 aliphatic heterocycles. The number of Topliss-reactive ketones (excluding diaryl/α,β-unsaturated/α-hetero) is 4. The molecule has 0 heterocycles. The smallest absolute Gasteiger partial charge is 0.333 e. The summed E-state index contributed by atoms with van der Waals surface area (Å²) in [4.78, 5) is 134. The number of fused-ring (bicyclic) bond motifs is 8. The van der Waals surface area contributed by atoms with Crippen LogP contribution in [0.15, 0.2) is 72.8 Å². The Kier molecular flexibility index (Phi) is 36.2. The van der Waals surface area contributed by atoms with Crippen LogP contribution < -0.4 is 18.9 Å². The van der Waals surface area contributed by atoms with Gasteiger partial charge in [0.25, 0.3) is 0 Å². The Bertz CT molecular complexity index is 3270. The molecule has 544 valence electrons. The summed E-state index contributed by atoms with van der Waals surface area (Å²) < 4.78 is 59.1. The van der Waals surface area contributed by atoms with Crippen LogP contribution in [0.4, 0.5) is 0 Å². The molecule has 100 heavy (non-hydrogen) atoms. The maximum absolute atomic E-state index is 14.9. The average molecular weight is 1390 g/mol. The summed E-state index contributed by atoms with van der Waals surface area (Å²) in [5.41, 5.74) is 6.09. The van der Waals surface area contributed by atoms with E-state index in [4.69, 9.17) is 37.9 Å². The van der Waals surface area contributed by atoms with Gasteiger partial charge in [0.1, 0.15) is 35.8 Å². The van der Waals surface area contributed by atoms with Gasteiger partial charge in [-0.25, -0.2) is 9.59 Å². The largest absolute Gasteiger partial charge is 0.493 e. The zero-order chi connectivity index (χ0) is 72.9. The van der Waals surface area contributed by atoms with E-state index in [9.17, 15) is 47.9 Å². The second-order valence-electron chi connectivity index (χ2n) is 25.3. The van der Waals surface area contributed by atoms with E-state index in [0.717, 1.165) is 51.4 Å². The van der Waals surface area contributed by atoms with Gasteiger partial charge in [-0.1, -0.05) is 92.2 Å². The number of methoxy groups -OCH3 is 2. The lowest BCUT2D eigenvalue weighted by atomic mass is 9.86. The third kappa shape index (κ3) is 27.3. The summed E-state index contributed by atoms with van der Waals surface area (Å²) in [6.45, 7) is 18.4. The van der Waals surface area contributed by atoms with Crippen LogP contribution >= 0.6 is 0 Å². The van der Waals surface area contributed by atoms with Crippen molar-refractivity contribution in [2.75, 3.05) is 67.1 Å². The molecule has 0 aromatic heterocycles. The number of ketones is 4. The minimum absolute atomic E-state index is 0.00460. The van der Waals surface area contributed by atoms with Gasteiger partial charge in [0.2, 0.25) is 0 Å². The molecule has 0 N–H and O–H groups in total. The van der Waals surface area contributed by atoms with Crippen LogP contribution in [0.2, 0.25) is 0 Å². The third-order valence-electron chi connectivity index (χ3n) is 16.7. The predicted octanol–water partition coefficient (Wildman–Crippen LogP) is 14.9. The Hall–Kier alpha value is -8.94. The predicted molar refractivity (Wildman–Crippen MR) is 378 cm³/mol. The first-order valence-corrected chi connectivity index (χ1v) is 35.5. The van der Waals surface area contributed by atoms with Gasteiger partial charge in [-0.15, -0.1) is 0 Å². The van der Waals surface area contributed by atoms with Crippen molar-refractivity contribution in [1.82, 2.24) is 0 Å². The van der Waals surface area contributed by atoms with Crippen molar-refractivity contribution >= 4 is 58.9 Å². The van der Waals surface area contributed by atoms with Crippen molar-refractivity contribution in [3.05, 3.63) is 140 Å². The number of unbranched alkanes of at least 4 members (excludes halogenated alkanes) is 8. The second-order valence-corrected chi connectivity index (χ2v) is 25.3. The normalized spacial score (nSPS) is 11.5. The molecular weight excluding hydrogens is 1280 g/mol. The van der Waals surface area contributed by atoms with Gasteiger partial charge in [-0.3, -0.25) is 38.4 Å². The van der Waals surface area contributed by atoms with E-state index in [2.05, 4.69) is 50.3 Å².